The molecule has 0 aliphatic carbocycles. The van der Waals surface area contributed by atoms with Crippen LogP contribution in [-0.2, 0) is 11.2 Å². The molecule has 0 aliphatic heterocycles. The van der Waals surface area contributed by atoms with Gasteiger partial charge >= 0.3 is 5.97 Å². The Morgan fingerprint density at radius 1 is 1.15 bits per heavy atom. The second-order valence-electron chi connectivity index (χ2n) is 6.03. The molecule has 0 amide bonds. The molecule has 0 spiro atoms. The van der Waals surface area contributed by atoms with E-state index in [0.29, 0.717) is 23.4 Å². The number of aromatic nitrogens is 1. The maximum Gasteiger partial charge on any atom is 0.341 e. The summed E-state index contributed by atoms with van der Waals surface area (Å²) in [6, 6.07) is 15.9. The molecule has 134 valence electrons. The molecule has 3 N–H and O–H groups in total. The molecule has 0 bridgehead atoms. The monoisotopic (exact) mass is 349 g/mol. The van der Waals surface area contributed by atoms with E-state index in [9.17, 15) is 4.79 Å². The molecule has 3 aromatic rings. The molecular formula is C21H23N3O2. The van der Waals surface area contributed by atoms with Crippen LogP contribution in [0.1, 0.15) is 29.3 Å². The predicted octanol–water partition coefficient (Wildman–Crippen LogP) is 4.04. The van der Waals surface area contributed by atoms with Crippen molar-refractivity contribution < 1.29 is 9.53 Å². The lowest BCUT2D eigenvalue weighted by Crippen LogP contribution is -2.12. The van der Waals surface area contributed by atoms with Crippen molar-refractivity contribution in [1.82, 2.24) is 4.98 Å². The zero-order valence-corrected chi connectivity index (χ0v) is 14.9. The van der Waals surface area contributed by atoms with E-state index in [4.69, 9.17) is 10.5 Å². The van der Waals surface area contributed by atoms with E-state index < -0.39 is 0 Å². The third kappa shape index (κ3) is 3.94. The van der Waals surface area contributed by atoms with E-state index >= 15 is 0 Å². The molecule has 0 radical (unpaired) electrons. The lowest BCUT2D eigenvalue weighted by molar-refractivity contribution is 0.0527. The minimum absolute atomic E-state index is 0.321. The fourth-order valence-corrected chi connectivity index (χ4v) is 2.95. The number of para-hydroxylation sites is 1. The summed E-state index contributed by atoms with van der Waals surface area (Å²) in [5.41, 5.74) is 9.77. The van der Waals surface area contributed by atoms with Crippen molar-refractivity contribution in [2.24, 2.45) is 0 Å². The van der Waals surface area contributed by atoms with Crippen molar-refractivity contribution >= 4 is 28.2 Å². The lowest BCUT2D eigenvalue weighted by Gasteiger charge is -2.15. The quantitative estimate of drug-likeness (QED) is 0.382. The van der Waals surface area contributed by atoms with Crippen LogP contribution in [0, 0.1) is 0 Å². The lowest BCUT2D eigenvalue weighted by atomic mass is 10.1. The van der Waals surface area contributed by atoms with Crippen LogP contribution in [0.3, 0.4) is 0 Å². The highest BCUT2D eigenvalue weighted by Crippen LogP contribution is 2.29. The number of nitrogens with two attached hydrogens (primary N) is 1. The Balaban J connectivity index is 1.82. The average Bonchev–Trinajstić information content (AvgIpc) is 2.66. The molecule has 26 heavy (non-hydrogen) atoms. The van der Waals surface area contributed by atoms with Gasteiger partial charge < -0.3 is 15.8 Å². The number of fused-ring (bicyclic) bond motifs is 1. The number of pyridine rings is 1. The van der Waals surface area contributed by atoms with Gasteiger partial charge in [-0.15, -0.1) is 0 Å². The molecule has 2 aromatic carbocycles. The largest absolute Gasteiger partial charge is 0.462 e. The smallest absolute Gasteiger partial charge is 0.341 e. The first kappa shape index (κ1) is 17.7. The van der Waals surface area contributed by atoms with Gasteiger partial charge in [-0.25, -0.2) is 4.79 Å². The molecule has 3 rings (SSSR count). The number of carbonyl (C=O) groups is 1. The number of nitrogens with one attached hydrogen (secondary N) is 1. The number of esters is 1. The van der Waals surface area contributed by atoms with Crippen molar-refractivity contribution in [1.29, 1.82) is 0 Å². The highest BCUT2D eigenvalue weighted by Gasteiger charge is 2.17. The Hall–Kier alpha value is -3.08. The van der Waals surface area contributed by atoms with Crippen LogP contribution in [0.25, 0.3) is 10.9 Å². The molecule has 5 nitrogen and oxygen atoms in total. The van der Waals surface area contributed by atoms with Crippen molar-refractivity contribution in [2.75, 3.05) is 24.2 Å². The summed E-state index contributed by atoms with van der Waals surface area (Å²) in [7, 11) is 0. The topological polar surface area (TPSA) is 77.2 Å². The zero-order chi connectivity index (χ0) is 18.4. The molecular weight excluding hydrogens is 326 g/mol. The van der Waals surface area contributed by atoms with Gasteiger partial charge in [-0.3, -0.25) is 4.98 Å². The molecule has 1 aromatic heterocycles. The normalized spacial score (nSPS) is 10.7. The number of nitrogen functional groups attached to an aromatic ring is 1. The van der Waals surface area contributed by atoms with Gasteiger partial charge in [0.15, 0.2) is 0 Å². The number of hydrogen-bond acceptors (Lipinski definition) is 5. The summed E-state index contributed by atoms with van der Waals surface area (Å²) < 4.78 is 5.17. The molecule has 0 atom stereocenters. The fourth-order valence-electron chi connectivity index (χ4n) is 2.95. The van der Waals surface area contributed by atoms with Crippen molar-refractivity contribution in [3.05, 3.63) is 65.9 Å². The Labute approximate surface area is 153 Å². The SMILES string of the molecule is CCOC(=O)c1cnc2c(N)cccc2c1NCCCc1ccccc1. The summed E-state index contributed by atoms with van der Waals surface area (Å²) in [5, 5.41) is 4.23. The van der Waals surface area contributed by atoms with E-state index in [0.717, 1.165) is 30.5 Å². The van der Waals surface area contributed by atoms with Gasteiger partial charge in [-0.1, -0.05) is 42.5 Å². The first-order valence-corrected chi connectivity index (χ1v) is 8.82. The first-order chi connectivity index (χ1) is 12.7. The highest BCUT2D eigenvalue weighted by atomic mass is 16.5. The van der Waals surface area contributed by atoms with E-state index in [1.165, 1.54) is 11.8 Å². The van der Waals surface area contributed by atoms with Gasteiger partial charge in [-0.2, -0.15) is 0 Å². The van der Waals surface area contributed by atoms with Crippen LogP contribution in [-0.4, -0.2) is 24.1 Å². The summed E-state index contributed by atoms with van der Waals surface area (Å²) in [6.45, 7) is 2.84. The number of hydrogen-bond donors (Lipinski definition) is 2. The van der Waals surface area contributed by atoms with Gasteiger partial charge in [-0.05, 0) is 31.4 Å². The van der Waals surface area contributed by atoms with Gasteiger partial charge in [0.1, 0.15) is 5.56 Å². The number of nitrogens with zero attached hydrogens (tertiary/aromatic N) is 1. The zero-order valence-electron chi connectivity index (χ0n) is 14.9. The predicted molar refractivity (Wildman–Crippen MR) is 105 cm³/mol. The minimum Gasteiger partial charge on any atom is -0.462 e. The number of ether oxygens (including phenoxy) is 1. The van der Waals surface area contributed by atoms with E-state index in [1.54, 1.807) is 13.0 Å². The van der Waals surface area contributed by atoms with Crippen molar-refractivity contribution in [3.63, 3.8) is 0 Å². The van der Waals surface area contributed by atoms with E-state index in [-0.39, 0.29) is 5.97 Å². The van der Waals surface area contributed by atoms with Gasteiger partial charge in [0.2, 0.25) is 0 Å². The number of benzene rings is 2. The highest BCUT2D eigenvalue weighted by molar-refractivity contribution is 6.07. The molecule has 0 saturated carbocycles. The van der Waals surface area contributed by atoms with Crippen LogP contribution in [0.15, 0.2) is 54.7 Å². The Kier molecular flexibility index (Phi) is 5.69. The summed E-state index contributed by atoms with van der Waals surface area (Å²) >= 11 is 0. The van der Waals surface area contributed by atoms with Gasteiger partial charge in [0.25, 0.3) is 0 Å². The standard InChI is InChI=1S/C21H23N3O2/c1-2-26-21(25)17-14-24-20-16(11-6-12-18(20)22)19(17)23-13-7-10-15-8-4-3-5-9-15/h3-6,8-9,11-12,14H,2,7,10,13,22H2,1H3,(H,23,24). The maximum absolute atomic E-state index is 12.3. The number of anilines is 2. The van der Waals surface area contributed by atoms with E-state index in [1.807, 2.05) is 30.3 Å². The number of aryl methyl sites for hydroxylation is 1. The average molecular weight is 349 g/mol. The first-order valence-electron chi connectivity index (χ1n) is 8.82. The second kappa shape index (κ2) is 8.34. The van der Waals surface area contributed by atoms with Crippen LogP contribution in [0.5, 0.6) is 0 Å². The van der Waals surface area contributed by atoms with Crippen molar-refractivity contribution in [3.8, 4) is 0 Å². The van der Waals surface area contributed by atoms with Crippen LogP contribution in [0.2, 0.25) is 0 Å². The second-order valence-corrected chi connectivity index (χ2v) is 6.03. The summed E-state index contributed by atoms with van der Waals surface area (Å²) in [5.74, 6) is -0.380. The Bertz CT molecular complexity index is 894. The Morgan fingerprint density at radius 3 is 2.73 bits per heavy atom. The third-order valence-electron chi connectivity index (χ3n) is 4.21. The maximum atomic E-state index is 12.3. The van der Waals surface area contributed by atoms with Gasteiger partial charge in [0, 0.05) is 18.1 Å². The summed E-state index contributed by atoms with van der Waals surface area (Å²) in [4.78, 5) is 16.7. The molecule has 0 fully saturated rings. The molecule has 0 aliphatic rings. The van der Waals surface area contributed by atoms with Crippen LogP contribution in [0.4, 0.5) is 11.4 Å². The summed E-state index contributed by atoms with van der Waals surface area (Å²) in [6.07, 6.45) is 3.45. The molecule has 0 unspecified atom stereocenters. The van der Waals surface area contributed by atoms with Crippen LogP contribution >= 0.6 is 0 Å². The van der Waals surface area contributed by atoms with Crippen molar-refractivity contribution in [2.45, 2.75) is 19.8 Å². The Morgan fingerprint density at radius 2 is 1.96 bits per heavy atom. The van der Waals surface area contributed by atoms with Gasteiger partial charge in [0.05, 0.1) is 23.5 Å². The molecule has 5 heteroatoms. The molecule has 1 heterocycles. The number of rotatable bonds is 7. The van der Waals surface area contributed by atoms with Crippen LogP contribution < -0.4 is 11.1 Å². The van der Waals surface area contributed by atoms with E-state index in [2.05, 4.69) is 22.4 Å². The third-order valence-corrected chi connectivity index (χ3v) is 4.21. The fraction of sp³-hybridized carbons (Fsp3) is 0.238. The number of carbonyl (C=O) groups excluding carboxylic acids is 1. The molecule has 0 saturated heterocycles. The minimum atomic E-state index is -0.380.